The van der Waals surface area contributed by atoms with Crippen LogP contribution in [0.1, 0.15) is 22.3 Å². The SMILES string of the molecule is Cl.Cl.Cl.Cl.N#Cc1ccc(CN2CCN(CCSSCCN3CCN(Cc4ccc(C#N)cc4)CC3)CC2)cc1. The first-order chi connectivity index (χ1) is 17.7. The fraction of sp³-hybridized carbons (Fsp3) is 0.500. The van der Waals surface area contributed by atoms with E-state index in [1.807, 2.05) is 45.9 Å². The zero-order chi connectivity index (χ0) is 25.0. The molecule has 0 unspecified atom stereocenters. The van der Waals surface area contributed by atoms with Crippen molar-refractivity contribution < 1.29 is 0 Å². The first kappa shape index (κ1) is 39.1. The van der Waals surface area contributed by atoms with Gasteiger partial charge in [-0.2, -0.15) is 10.5 Å². The third kappa shape index (κ3) is 13.4. The van der Waals surface area contributed by atoms with E-state index in [4.69, 9.17) is 10.5 Å². The van der Waals surface area contributed by atoms with Crippen molar-refractivity contribution in [2.24, 2.45) is 0 Å². The van der Waals surface area contributed by atoms with Crippen LogP contribution < -0.4 is 0 Å². The lowest BCUT2D eigenvalue weighted by atomic mass is 10.1. The lowest BCUT2D eigenvalue weighted by Gasteiger charge is -2.35. The highest BCUT2D eigenvalue weighted by atomic mass is 35.5. The molecule has 2 aromatic carbocycles. The second-order valence-electron chi connectivity index (χ2n) is 9.50. The Labute approximate surface area is 272 Å². The number of piperazine rings is 2. The Kier molecular flexibility index (Phi) is 21.3. The van der Waals surface area contributed by atoms with Crippen LogP contribution in [0.5, 0.6) is 0 Å². The molecule has 12 heteroatoms. The molecule has 0 N–H and O–H groups in total. The fourth-order valence-electron chi connectivity index (χ4n) is 4.68. The monoisotopic (exact) mass is 664 g/mol. The Morgan fingerprint density at radius 1 is 0.500 bits per heavy atom. The topological polar surface area (TPSA) is 60.5 Å². The van der Waals surface area contributed by atoms with Crippen molar-refractivity contribution in [2.75, 3.05) is 77.0 Å². The molecule has 0 aliphatic carbocycles. The van der Waals surface area contributed by atoms with Gasteiger partial charge in [0.25, 0.3) is 0 Å². The van der Waals surface area contributed by atoms with Gasteiger partial charge in [0.2, 0.25) is 0 Å². The standard InChI is InChI=1S/C28H36N6S2.4ClH/c29-21-25-1-5-27(6-2-25)23-33-13-9-31(10-14-33)17-19-35-36-20-18-32-11-15-34(16-12-32)24-28-7-3-26(22-30)4-8-28;;;;/h1-8H,9-20,23-24H2;4*1H. The molecule has 0 bridgehead atoms. The third-order valence-corrected chi connectivity index (χ3v) is 9.34. The van der Waals surface area contributed by atoms with Crippen LogP contribution in [-0.4, -0.2) is 96.6 Å². The minimum absolute atomic E-state index is 0. The summed E-state index contributed by atoms with van der Waals surface area (Å²) in [4.78, 5) is 10.2. The van der Waals surface area contributed by atoms with Crippen LogP contribution in [0.2, 0.25) is 0 Å². The summed E-state index contributed by atoms with van der Waals surface area (Å²) in [5.74, 6) is 2.39. The molecule has 2 fully saturated rings. The Hall–Kier alpha value is -0.880. The molecular weight excluding hydrogens is 626 g/mol. The van der Waals surface area contributed by atoms with E-state index in [0.29, 0.717) is 0 Å². The zero-order valence-electron chi connectivity index (χ0n) is 22.7. The van der Waals surface area contributed by atoms with Gasteiger partial charge in [-0.15, -0.1) is 49.6 Å². The number of benzene rings is 2. The lowest BCUT2D eigenvalue weighted by molar-refractivity contribution is 0.132. The summed E-state index contributed by atoms with van der Waals surface area (Å²) in [5.41, 5.74) is 4.06. The lowest BCUT2D eigenvalue weighted by Crippen LogP contribution is -2.46. The maximum absolute atomic E-state index is 8.94. The molecule has 0 amide bonds. The normalized spacial score (nSPS) is 16.2. The molecule has 0 atom stereocenters. The van der Waals surface area contributed by atoms with E-state index in [0.717, 1.165) is 76.6 Å². The minimum atomic E-state index is 0. The largest absolute Gasteiger partial charge is 0.300 e. The number of hydrogen-bond acceptors (Lipinski definition) is 8. The predicted octanol–water partition coefficient (Wildman–Crippen LogP) is 5.43. The molecule has 2 saturated heterocycles. The van der Waals surface area contributed by atoms with Crippen molar-refractivity contribution in [1.82, 2.24) is 19.6 Å². The summed E-state index contributed by atoms with van der Waals surface area (Å²) in [6, 6.07) is 20.4. The van der Waals surface area contributed by atoms with Crippen LogP contribution in [0.3, 0.4) is 0 Å². The number of nitriles is 2. The molecule has 222 valence electrons. The predicted molar refractivity (Wildman–Crippen MR) is 180 cm³/mol. The Bertz CT molecular complexity index is 934. The van der Waals surface area contributed by atoms with Gasteiger partial charge in [-0.3, -0.25) is 19.6 Å². The van der Waals surface area contributed by atoms with E-state index in [9.17, 15) is 0 Å². The Morgan fingerprint density at radius 2 is 0.800 bits per heavy atom. The maximum atomic E-state index is 8.94. The zero-order valence-corrected chi connectivity index (χ0v) is 27.6. The molecule has 4 rings (SSSR count). The molecule has 40 heavy (non-hydrogen) atoms. The second kappa shape index (κ2) is 21.8. The average molecular weight is 667 g/mol. The van der Waals surface area contributed by atoms with Crippen LogP contribution in [0, 0.1) is 22.7 Å². The van der Waals surface area contributed by atoms with Gasteiger partial charge in [0.05, 0.1) is 23.3 Å². The quantitative estimate of drug-likeness (QED) is 0.233. The van der Waals surface area contributed by atoms with Crippen LogP contribution in [0.4, 0.5) is 0 Å². The van der Waals surface area contributed by atoms with Crippen molar-refractivity contribution in [3.8, 4) is 12.1 Å². The number of nitrogens with zero attached hydrogens (tertiary/aromatic N) is 6. The van der Waals surface area contributed by atoms with Crippen LogP contribution in [0.25, 0.3) is 0 Å². The van der Waals surface area contributed by atoms with E-state index in [1.54, 1.807) is 0 Å². The van der Waals surface area contributed by atoms with Crippen LogP contribution >= 0.6 is 71.2 Å². The molecule has 6 nitrogen and oxygen atoms in total. The summed E-state index contributed by atoms with van der Waals surface area (Å²) in [6.45, 7) is 13.4. The Morgan fingerprint density at radius 3 is 1.10 bits per heavy atom. The highest BCUT2D eigenvalue weighted by Crippen LogP contribution is 2.22. The van der Waals surface area contributed by atoms with Gasteiger partial charge >= 0.3 is 0 Å². The number of rotatable bonds is 11. The summed E-state index contributed by atoms with van der Waals surface area (Å²) in [5, 5.41) is 17.9. The van der Waals surface area contributed by atoms with E-state index in [2.05, 4.69) is 56.0 Å². The fourth-order valence-corrected chi connectivity index (χ4v) is 6.73. The van der Waals surface area contributed by atoms with Crippen LogP contribution in [0.15, 0.2) is 48.5 Å². The molecule has 2 heterocycles. The molecule has 0 spiro atoms. The highest BCUT2D eigenvalue weighted by molar-refractivity contribution is 8.76. The van der Waals surface area contributed by atoms with E-state index >= 15 is 0 Å². The molecule has 2 aliphatic rings. The summed E-state index contributed by atoms with van der Waals surface area (Å²) < 4.78 is 0. The minimum Gasteiger partial charge on any atom is -0.300 e. The number of halogens is 4. The van der Waals surface area contributed by atoms with Gasteiger partial charge in [-0.1, -0.05) is 45.9 Å². The van der Waals surface area contributed by atoms with Crippen LogP contribution in [-0.2, 0) is 13.1 Å². The molecular formula is C28H40Cl4N6S2. The first-order valence-electron chi connectivity index (χ1n) is 12.8. The van der Waals surface area contributed by atoms with Crippen molar-refractivity contribution in [1.29, 1.82) is 10.5 Å². The van der Waals surface area contributed by atoms with Crippen molar-refractivity contribution in [3.05, 3.63) is 70.8 Å². The number of hydrogen-bond donors (Lipinski definition) is 0. The van der Waals surface area contributed by atoms with Gasteiger partial charge in [0, 0.05) is 90.0 Å². The van der Waals surface area contributed by atoms with Gasteiger partial charge in [-0.25, -0.2) is 0 Å². The van der Waals surface area contributed by atoms with Crippen molar-refractivity contribution >= 4 is 71.2 Å². The van der Waals surface area contributed by atoms with Gasteiger partial charge < -0.3 is 0 Å². The highest BCUT2D eigenvalue weighted by Gasteiger charge is 2.18. The van der Waals surface area contributed by atoms with Gasteiger partial charge in [-0.05, 0) is 35.4 Å². The smallest absolute Gasteiger partial charge is 0.0991 e. The van der Waals surface area contributed by atoms with Crippen molar-refractivity contribution in [2.45, 2.75) is 13.1 Å². The van der Waals surface area contributed by atoms with E-state index in [-0.39, 0.29) is 49.6 Å². The molecule has 0 radical (unpaired) electrons. The van der Waals surface area contributed by atoms with Crippen molar-refractivity contribution in [3.63, 3.8) is 0 Å². The van der Waals surface area contributed by atoms with E-state index < -0.39 is 0 Å². The maximum Gasteiger partial charge on any atom is 0.0991 e. The first-order valence-corrected chi connectivity index (χ1v) is 15.3. The third-order valence-electron chi connectivity index (χ3n) is 6.97. The molecule has 0 saturated carbocycles. The summed E-state index contributed by atoms with van der Waals surface area (Å²) >= 11 is 0. The van der Waals surface area contributed by atoms with E-state index in [1.165, 1.54) is 35.7 Å². The molecule has 2 aromatic rings. The summed E-state index contributed by atoms with van der Waals surface area (Å²) in [6.07, 6.45) is 0. The molecule has 2 aliphatic heterocycles. The Balaban J connectivity index is 0.00000380. The van der Waals surface area contributed by atoms with Gasteiger partial charge in [0.1, 0.15) is 0 Å². The summed E-state index contributed by atoms with van der Waals surface area (Å²) in [7, 11) is 4.05. The molecule has 0 aromatic heterocycles. The van der Waals surface area contributed by atoms with Gasteiger partial charge in [0.15, 0.2) is 0 Å². The second-order valence-corrected chi connectivity index (χ2v) is 12.2. The average Bonchev–Trinajstić information content (AvgIpc) is 2.93.